The highest BCUT2D eigenvalue weighted by Crippen LogP contribution is 2.27. The smallest absolute Gasteiger partial charge is 0.141 e. The van der Waals surface area contributed by atoms with Crippen molar-refractivity contribution >= 4 is 21.6 Å². The third-order valence-electron chi connectivity index (χ3n) is 2.75. The fraction of sp³-hybridized carbons (Fsp3) is 0.133. The molecule has 1 unspecified atom stereocenters. The average Bonchev–Trinajstić information content (AvgIpc) is 2.38. The number of halogens is 3. The van der Waals surface area contributed by atoms with Crippen molar-refractivity contribution in [1.29, 1.82) is 5.26 Å². The lowest BCUT2D eigenvalue weighted by atomic mass is 10.1. The number of nitrogens with zero attached hydrogens (tertiary/aromatic N) is 1. The summed E-state index contributed by atoms with van der Waals surface area (Å²) in [7, 11) is 0. The van der Waals surface area contributed by atoms with Crippen LogP contribution in [0, 0.1) is 29.9 Å². The van der Waals surface area contributed by atoms with Crippen molar-refractivity contribution in [3.63, 3.8) is 0 Å². The second-order valence-corrected chi connectivity index (χ2v) is 5.24. The van der Waals surface area contributed by atoms with Crippen LogP contribution in [-0.2, 0) is 0 Å². The molecule has 20 heavy (non-hydrogen) atoms. The molecule has 5 heteroatoms. The predicted molar refractivity (Wildman–Crippen MR) is 77.2 cm³/mol. The van der Waals surface area contributed by atoms with Gasteiger partial charge in [-0.15, -0.1) is 0 Å². The normalized spacial score (nSPS) is 11.8. The predicted octanol–water partition coefficient (Wildman–Crippen LogP) is 4.71. The average molecular weight is 337 g/mol. The molecule has 1 N–H and O–H groups in total. The van der Waals surface area contributed by atoms with Gasteiger partial charge in [-0.2, -0.15) is 5.26 Å². The van der Waals surface area contributed by atoms with E-state index in [1.165, 1.54) is 30.3 Å². The van der Waals surface area contributed by atoms with E-state index in [4.69, 9.17) is 0 Å². The van der Waals surface area contributed by atoms with Crippen LogP contribution in [0.1, 0.15) is 17.2 Å². The minimum atomic E-state index is -0.777. The Morgan fingerprint density at radius 1 is 1.15 bits per heavy atom. The highest BCUT2D eigenvalue weighted by molar-refractivity contribution is 9.10. The fourth-order valence-electron chi connectivity index (χ4n) is 1.90. The summed E-state index contributed by atoms with van der Waals surface area (Å²) in [5.41, 5.74) is 1.68. The lowest BCUT2D eigenvalue weighted by Crippen LogP contribution is -2.10. The number of rotatable bonds is 3. The zero-order valence-corrected chi connectivity index (χ0v) is 12.2. The molecular formula is C15H11BrF2N2. The Labute approximate surface area is 124 Å². The molecule has 102 valence electrons. The van der Waals surface area contributed by atoms with Crippen molar-refractivity contribution in [3.05, 3.63) is 63.6 Å². The lowest BCUT2D eigenvalue weighted by Gasteiger charge is -2.15. The largest absolute Gasteiger partial charge is 0.366 e. The summed E-state index contributed by atoms with van der Waals surface area (Å²) in [6.07, 6.45) is 0. The number of aryl methyl sites for hydroxylation is 1. The van der Waals surface area contributed by atoms with Gasteiger partial charge in [0, 0.05) is 15.7 Å². The molecule has 0 saturated carbocycles. The summed E-state index contributed by atoms with van der Waals surface area (Å²) in [6.45, 7) is 1.76. The van der Waals surface area contributed by atoms with Gasteiger partial charge in [0.05, 0.1) is 6.07 Å². The van der Waals surface area contributed by atoms with Crippen LogP contribution in [0.2, 0.25) is 0 Å². The topological polar surface area (TPSA) is 35.8 Å². The van der Waals surface area contributed by atoms with Crippen LogP contribution in [0.15, 0.2) is 40.9 Å². The number of anilines is 1. The van der Waals surface area contributed by atoms with Crippen LogP contribution in [0.4, 0.5) is 14.5 Å². The van der Waals surface area contributed by atoms with E-state index in [2.05, 4.69) is 21.2 Å². The molecule has 0 heterocycles. The minimum Gasteiger partial charge on any atom is -0.366 e. The maximum atomic E-state index is 13.3. The minimum absolute atomic E-state index is 0.387. The first-order valence-corrected chi connectivity index (χ1v) is 6.67. The molecule has 2 aromatic rings. The summed E-state index contributed by atoms with van der Waals surface area (Å²) in [5, 5.41) is 12.1. The van der Waals surface area contributed by atoms with Crippen LogP contribution < -0.4 is 5.32 Å². The molecular weight excluding hydrogens is 326 g/mol. The van der Waals surface area contributed by atoms with Crippen LogP contribution in [0.3, 0.4) is 0 Å². The fourth-order valence-corrected chi connectivity index (χ4v) is 2.38. The highest BCUT2D eigenvalue weighted by Gasteiger charge is 2.15. The number of hydrogen-bond acceptors (Lipinski definition) is 2. The van der Waals surface area contributed by atoms with E-state index in [0.717, 1.165) is 5.56 Å². The highest BCUT2D eigenvalue weighted by atomic mass is 79.9. The standard InChI is InChI=1S/C15H11BrF2N2/c1-9-4-11(18)6-12(5-9)20-15(8-19)13-7-10(17)2-3-14(13)16/h2-7,15,20H,1H3. The van der Waals surface area contributed by atoms with Gasteiger partial charge >= 0.3 is 0 Å². The van der Waals surface area contributed by atoms with Gasteiger partial charge in [-0.05, 0) is 48.9 Å². The Morgan fingerprint density at radius 3 is 2.55 bits per heavy atom. The quantitative estimate of drug-likeness (QED) is 0.880. The maximum Gasteiger partial charge on any atom is 0.141 e. The SMILES string of the molecule is Cc1cc(F)cc(NC(C#N)c2cc(F)ccc2Br)c1. The van der Waals surface area contributed by atoms with E-state index < -0.39 is 11.9 Å². The Bertz CT molecular complexity index is 660. The molecule has 2 rings (SSSR count). The molecule has 0 aliphatic rings. The van der Waals surface area contributed by atoms with Crippen molar-refractivity contribution in [2.24, 2.45) is 0 Å². The van der Waals surface area contributed by atoms with E-state index >= 15 is 0 Å². The maximum absolute atomic E-state index is 13.3. The Morgan fingerprint density at radius 2 is 1.90 bits per heavy atom. The van der Waals surface area contributed by atoms with Gasteiger partial charge in [0.25, 0.3) is 0 Å². The van der Waals surface area contributed by atoms with E-state index in [-0.39, 0.29) is 5.82 Å². The summed E-state index contributed by atoms with van der Waals surface area (Å²) < 4.78 is 27.2. The van der Waals surface area contributed by atoms with Crippen LogP contribution in [0.25, 0.3) is 0 Å². The van der Waals surface area contributed by atoms with E-state index in [1.807, 2.05) is 6.07 Å². The molecule has 0 radical (unpaired) electrons. The molecule has 0 fully saturated rings. The Balaban J connectivity index is 2.34. The zero-order chi connectivity index (χ0) is 14.7. The van der Waals surface area contributed by atoms with Crippen molar-refractivity contribution in [3.8, 4) is 6.07 Å². The van der Waals surface area contributed by atoms with Crippen LogP contribution in [-0.4, -0.2) is 0 Å². The zero-order valence-electron chi connectivity index (χ0n) is 10.6. The van der Waals surface area contributed by atoms with E-state index in [1.54, 1.807) is 13.0 Å². The summed E-state index contributed by atoms with van der Waals surface area (Å²) in [6, 6.07) is 9.79. The number of hydrogen-bond donors (Lipinski definition) is 1. The van der Waals surface area contributed by atoms with E-state index in [9.17, 15) is 14.0 Å². The van der Waals surface area contributed by atoms with Crippen molar-refractivity contribution in [2.45, 2.75) is 13.0 Å². The summed E-state index contributed by atoms with van der Waals surface area (Å²) >= 11 is 3.28. The molecule has 0 bridgehead atoms. The van der Waals surface area contributed by atoms with Crippen molar-refractivity contribution in [1.82, 2.24) is 0 Å². The summed E-state index contributed by atoms with van der Waals surface area (Å²) in [5.74, 6) is -0.817. The molecule has 2 aromatic carbocycles. The molecule has 0 saturated heterocycles. The second kappa shape index (κ2) is 6.02. The Hall–Kier alpha value is -1.93. The monoisotopic (exact) mass is 336 g/mol. The first-order valence-electron chi connectivity index (χ1n) is 5.88. The van der Waals surface area contributed by atoms with Gasteiger partial charge in [0.2, 0.25) is 0 Å². The van der Waals surface area contributed by atoms with E-state index in [0.29, 0.717) is 15.7 Å². The third kappa shape index (κ3) is 3.34. The number of nitriles is 1. The van der Waals surface area contributed by atoms with Gasteiger partial charge in [-0.25, -0.2) is 8.78 Å². The van der Waals surface area contributed by atoms with Gasteiger partial charge in [0.1, 0.15) is 17.7 Å². The van der Waals surface area contributed by atoms with Gasteiger partial charge in [0.15, 0.2) is 0 Å². The molecule has 2 nitrogen and oxygen atoms in total. The van der Waals surface area contributed by atoms with Crippen LogP contribution >= 0.6 is 15.9 Å². The molecule has 0 aliphatic heterocycles. The van der Waals surface area contributed by atoms with Gasteiger partial charge < -0.3 is 5.32 Å². The third-order valence-corrected chi connectivity index (χ3v) is 3.47. The molecule has 0 aromatic heterocycles. The Kier molecular flexibility index (Phi) is 4.35. The first-order chi connectivity index (χ1) is 9.49. The van der Waals surface area contributed by atoms with Gasteiger partial charge in [-0.1, -0.05) is 15.9 Å². The second-order valence-electron chi connectivity index (χ2n) is 4.39. The number of nitrogens with one attached hydrogen (secondary N) is 1. The number of benzene rings is 2. The molecule has 0 amide bonds. The first kappa shape index (κ1) is 14.5. The van der Waals surface area contributed by atoms with Crippen molar-refractivity contribution in [2.75, 3.05) is 5.32 Å². The summed E-state index contributed by atoms with van der Waals surface area (Å²) in [4.78, 5) is 0. The van der Waals surface area contributed by atoms with Crippen LogP contribution in [0.5, 0.6) is 0 Å². The van der Waals surface area contributed by atoms with Gasteiger partial charge in [-0.3, -0.25) is 0 Å². The molecule has 0 spiro atoms. The molecule has 0 aliphatic carbocycles. The van der Waals surface area contributed by atoms with Crippen molar-refractivity contribution < 1.29 is 8.78 Å². The molecule has 1 atom stereocenters. The lowest BCUT2D eigenvalue weighted by molar-refractivity contribution is 0.623.